The number of hydrogen-bond donors (Lipinski definition) is 2. The van der Waals surface area contributed by atoms with Crippen LogP contribution in [0.1, 0.15) is 18.5 Å². The summed E-state index contributed by atoms with van der Waals surface area (Å²) >= 11 is 0. The standard InChI is InChI=1S/C9H13N5/c10-9(11)7-5-8(13-6-12-7)14-3-1-2-4-14/h5-6H,1-4H2,(H3,10,11). The first-order valence-corrected chi connectivity index (χ1v) is 4.69. The lowest BCUT2D eigenvalue weighted by Gasteiger charge is -2.15. The first-order valence-electron chi connectivity index (χ1n) is 4.69. The third-order valence-corrected chi connectivity index (χ3v) is 2.36. The van der Waals surface area contributed by atoms with E-state index in [-0.39, 0.29) is 5.84 Å². The van der Waals surface area contributed by atoms with Gasteiger partial charge in [-0.25, -0.2) is 9.97 Å². The van der Waals surface area contributed by atoms with Crippen molar-refractivity contribution in [3.05, 3.63) is 18.1 Å². The molecule has 1 aliphatic rings. The van der Waals surface area contributed by atoms with Crippen molar-refractivity contribution in [1.29, 1.82) is 5.41 Å². The van der Waals surface area contributed by atoms with Gasteiger partial charge in [0.1, 0.15) is 23.7 Å². The quantitative estimate of drug-likeness (QED) is 0.522. The van der Waals surface area contributed by atoms with E-state index in [2.05, 4.69) is 14.9 Å². The zero-order valence-electron chi connectivity index (χ0n) is 7.90. The van der Waals surface area contributed by atoms with Crippen LogP contribution in [0.5, 0.6) is 0 Å². The van der Waals surface area contributed by atoms with E-state index in [1.165, 1.54) is 19.2 Å². The lowest BCUT2D eigenvalue weighted by Crippen LogP contribution is -2.21. The van der Waals surface area contributed by atoms with Crippen LogP contribution in [0.3, 0.4) is 0 Å². The molecule has 1 saturated heterocycles. The van der Waals surface area contributed by atoms with Crippen molar-refractivity contribution in [2.75, 3.05) is 18.0 Å². The Hall–Kier alpha value is -1.65. The molecule has 2 heterocycles. The van der Waals surface area contributed by atoms with Gasteiger partial charge in [-0.3, -0.25) is 5.41 Å². The number of nitrogens with one attached hydrogen (secondary N) is 1. The third-order valence-electron chi connectivity index (χ3n) is 2.36. The molecule has 3 N–H and O–H groups in total. The van der Waals surface area contributed by atoms with Crippen LogP contribution >= 0.6 is 0 Å². The molecule has 5 nitrogen and oxygen atoms in total. The van der Waals surface area contributed by atoms with Gasteiger partial charge in [-0.15, -0.1) is 0 Å². The predicted octanol–water partition coefficient (Wildman–Crippen LogP) is 0.361. The zero-order valence-corrected chi connectivity index (χ0v) is 7.90. The number of nitrogen functional groups attached to an aromatic ring is 1. The average Bonchev–Trinajstić information content (AvgIpc) is 2.71. The van der Waals surface area contributed by atoms with Gasteiger partial charge < -0.3 is 10.6 Å². The number of hydrogen-bond acceptors (Lipinski definition) is 4. The number of amidine groups is 1. The molecular weight excluding hydrogens is 178 g/mol. The molecule has 14 heavy (non-hydrogen) atoms. The van der Waals surface area contributed by atoms with E-state index in [1.54, 1.807) is 6.07 Å². The molecule has 2 rings (SSSR count). The smallest absolute Gasteiger partial charge is 0.142 e. The predicted molar refractivity (Wildman–Crippen MR) is 54.5 cm³/mol. The second-order valence-corrected chi connectivity index (χ2v) is 3.37. The summed E-state index contributed by atoms with van der Waals surface area (Å²) in [5, 5.41) is 7.27. The normalized spacial score (nSPS) is 15.9. The monoisotopic (exact) mass is 191 g/mol. The Morgan fingerprint density at radius 1 is 1.36 bits per heavy atom. The van der Waals surface area contributed by atoms with E-state index in [9.17, 15) is 0 Å². The molecule has 0 spiro atoms. The van der Waals surface area contributed by atoms with E-state index < -0.39 is 0 Å². The van der Waals surface area contributed by atoms with Crippen LogP contribution < -0.4 is 10.6 Å². The van der Waals surface area contributed by atoms with Crippen LogP contribution in [0.2, 0.25) is 0 Å². The minimum absolute atomic E-state index is 0.00662. The Morgan fingerprint density at radius 2 is 2.07 bits per heavy atom. The van der Waals surface area contributed by atoms with Crippen LogP contribution in [0.25, 0.3) is 0 Å². The summed E-state index contributed by atoms with van der Waals surface area (Å²) in [5.74, 6) is 0.871. The second kappa shape index (κ2) is 3.61. The van der Waals surface area contributed by atoms with Crippen LogP contribution in [0.4, 0.5) is 5.82 Å². The Morgan fingerprint density at radius 3 is 2.71 bits per heavy atom. The molecule has 74 valence electrons. The SMILES string of the molecule is N=C(N)c1cc(N2CCCC2)ncn1. The molecule has 0 radical (unpaired) electrons. The van der Waals surface area contributed by atoms with Crippen LogP contribution in [0, 0.1) is 5.41 Å². The molecule has 0 unspecified atom stereocenters. The largest absolute Gasteiger partial charge is 0.382 e. The van der Waals surface area contributed by atoms with Crippen molar-refractivity contribution < 1.29 is 0 Å². The van der Waals surface area contributed by atoms with Gasteiger partial charge in [-0.05, 0) is 12.8 Å². The highest BCUT2D eigenvalue weighted by Crippen LogP contribution is 2.17. The van der Waals surface area contributed by atoms with Crippen LogP contribution in [-0.4, -0.2) is 28.9 Å². The van der Waals surface area contributed by atoms with Gasteiger partial charge in [0.2, 0.25) is 0 Å². The van der Waals surface area contributed by atoms with Crippen molar-refractivity contribution >= 4 is 11.7 Å². The zero-order chi connectivity index (χ0) is 9.97. The van der Waals surface area contributed by atoms with E-state index in [0.717, 1.165) is 18.9 Å². The molecule has 0 saturated carbocycles. The maximum Gasteiger partial charge on any atom is 0.142 e. The molecule has 0 aromatic carbocycles. The van der Waals surface area contributed by atoms with Crippen LogP contribution in [0.15, 0.2) is 12.4 Å². The molecular formula is C9H13N5. The average molecular weight is 191 g/mol. The molecule has 0 amide bonds. The summed E-state index contributed by atoms with van der Waals surface area (Å²) in [5.41, 5.74) is 5.86. The number of nitrogens with zero attached hydrogens (tertiary/aromatic N) is 3. The van der Waals surface area contributed by atoms with Crippen molar-refractivity contribution in [2.45, 2.75) is 12.8 Å². The number of rotatable bonds is 2. The van der Waals surface area contributed by atoms with E-state index >= 15 is 0 Å². The van der Waals surface area contributed by atoms with Gasteiger partial charge in [-0.2, -0.15) is 0 Å². The fourth-order valence-electron chi connectivity index (χ4n) is 1.61. The summed E-state index contributed by atoms with van der Waals surface area (Å²) in [6.07, 6.45) is 3.88. The molecule has 1 aliphatic heterocycles. The van der Waals surface area contributed by atoms with Crippen molar-refractivity contribution in [1.82, 2.24) is 9.97 Å². The Labute approximate surface area is 82.5 Å². The lowest BCUT2D eigenvalue weighted by atomic mass is 10.3. The van der Waals surface area contributed by atoms with E-state index in [0.29, 0.717) is 5.69 Å². The summed E-state index contributed by atoms with van der Waals surface area (Å²) in [6.45, 7) is 2.07. The summed E-state index contributed by atoms with van der Waals surface area (Å²) in [7, 11) is 0. The fraction of sp³-hybridized carbons (Fsp3) is 0.444. The fourth-order valence-corrected chi connectivity index (χ4v) is 1.61. The maximum absolute atomic E-state index is 7.27. The molecule has 0 aliphatic carbocycles. The second-order valence-electron chi connectivity index (χ2n) is 3.37. The Balaban J connectivity index is 2.25. The minimum Gasteiger partial charge on any atom is -0.382 e. The Bertz CT molecular complexity index is 343. The molecule has 0 atom stereocenters. The maximum atomic E-state index is 7.27. The van der Waals surface area contributed by atoms with E-state index in [1.807, 2.05) is 0 Å². The highest BCUT2D eigenvalue weighted by molar-refractivity contribution is 5.93. The topological polar surface area (TPSA) is 78.9 Å². The molecule has 1 fully saturated rings. The van der Waals surface area contributed by atoms with Crippen molar-refractivity contribution in [2.24, 2.45) is 5.73 Å². The lowest BCUT2D eigenvalue weighted by molar-refractivity contribution is 0.925. The summed E-state index contributed by atoms with van der Waals surface area (Å²) in [4.78, 5) is 10.3. The number of nitrogens with two attached hydrogens (primary N) is 1. The van der Waals surface area contributed by atoms with Gasteiger partial charge >= 0.3 is 0 Å². The first-order chi connectivity index (χ1) is 6.77. The van der Waals surface area contributed by atoms with Gasteiger partial charge in [0, 0.05) is 19.2 Å². The first kappa shape index (κ1) is 8.93. The summed E-state index contributed by atoms with van der Waals surface area (Å²) in [6, 6.07) is 1.77. The van der Waals surface area contributed by atoms with E-state index in [4.69, 9.17) is 11.1 Å². The summed E-state index contributed by atoms with van der Waals surface area (Å²) < 4.78 is 0. The highest BCUT2D eigenvalue weighted by Gasteiger charge is 2.14. The van der Waals surface area contributed by atoms with Crippen molar-refractivity contribution in [3.63, 3.8) is 0 Å². The molecule has 1 aromatic rings. The highest BCUT2D eigenvalue weighted by atomic mass is 15.2. The number of aromatic nitrogens is 2. The molecule has 0 bridgehead atoms. The van der Waals surface area contributed by atoms with Gasteiger partial charge in [0.25, 0.3) is 0 Å². The molecule has 1 aromatic heterocycles. The van der Waals surface area contributed by atoms with Crippen molar-refractivity contribution in [3.8, 4) is 0 Å². The van der Waals surface area contributed by atoms with Crippen LogP contribution in [-0.2, 0) is 0 Å². The number of anilines is 1. The Kier molecular flexibility index (Phi) is 2.30. The molecule has 5 heteroatoms. The third kappa shape index (κ3) is 1.66. The minimum atomic E-state index is -0.00662. The van der Waals surface area contributed by atoms with Gasteiger partial charge in [-0.1, -0.05) is 0 Å². The van der Waals surface area contributed by atoms with Gasteiger partial charge in [0.05, 0.1) is 0 Å². The van der Waals surface area contributed by atoms with Gasteiger partial charge in [0.15, 0.2) is 0 Å².